The predicted molar refractivity (Wildman–Crippen MR) is 102 cm³/mol. The third-order valence-corrected chi connectivity index (χ3v) is 3.48. The van der Waals surface area contributed by atoms with Crippen LogP contribution in [0.2, 0.25) is 0 Å². The van der Waals surface area contributed by atoms with Gasteiger partial charge in [0.1, 0.15) is 11.6 Å². The molecule has 0 fully saturated rings. The van der Waals surface area contributed by atoms with E-state index < -0.39 is 0 Å². The van der Waals surface area contributed by atoms with Crippen molar-refractivity contribution >= 4 is 23.1 Å². The van der Waals surface area contributed by atoms with E-state index in [1.165, 1.54) is 5.56 Å². The number of aryl methyl sites for hydroxylation is 1. The Morgan fingerprint density at radius 2 is 1.68 bits per heavy atom. The first-order chi connectivity index (χ1) is 12.1. The maximum Gasteiger partial charge on any atom is 0.229 e. The minimum atomic E-state index is 0.104. The highest BCUT2D eigenvalue weighted by molar-refractivity contribution is 5.65. The summed E-state index contributed by atoms with van der Waals surface area (Å²) in [5.74, 6) is 2.03. The third kappa shape index (κ3) is 4.70. The highest BCUT2D eigenvalue weighted by Gasteiger charge is 2.07. The predicted octanol–water partition coefficient (Wildman–Crippen LogP) is 5.06. The van der Waals surface area contributed by atoms with Crippen LogP contribution in [-0.2, 0) is 0 Å². The summed E-state index contributed by atoms with van der Waals surface area (Å²) in [5.41, 5.74) is 3.03. The molecule has 0 saturated carbocycles. The van der Waals surface area contributed by atoms with E-state index in [0.29, 0.717) is 11.8 Å². The van der Waals surface area contributed by atoms with Crippen molar-refractivity contribution in [3.63, 3.8) is 0 Å². The Balaban J connectivity index is 1.77. The van der Waals surface area contributed by atoms with Crippen LogP contribution in [0.15, 0.2) is 60.8 Å². The minimum absolute atomic E-state index is 0.104. The Labute approximate surface area is 148 Å². The molecule has 3 rings (SSSR count). The molecule has 0 aliphatic carbocycles. The van der Waals surface area contributed by atoms with Gasteiger partial charge in [-0.1, -0.05) is 29.8 Å². The first-order valence-electron chi connectivity index (χ1n) is 8.29. The van der Waals surface area contributed by atoms with Gasteiger partial charge in [0.05, 0.1) is 11.8 Å². The van der Waals surface area contributed by atoms with Crippen LogP contribution in [0.1, 0.15) is 19.4 Å². The molecule has 1 aromatic heterocycles. The summed E-state index contributed by atoms with van der Waals surface area (Å²) >= 11 is 0. The van der Waals surface area contributed by atoms with Crippen LogP contribution >= 0.6 is 0 Å². The van der Waals surface area contributed by atoms with Gasteiger partial charge in [-0.25, -0.2) is 4.98 Å². The number of hydrogen-bond donors (Lipinski definition) is 2. The minimum Gasteiger partial charge on any atom is -0.489 e. The van der Waals surface area contributed by atoms with Crippen LogP contribution in [0.5, 0.6) is 5.75 Å². The molecule has 0 aliphatic rings. The normalized spacial score (nSPS) is 10.6. The molecule has 0 radical (unpaired) electrons. The Morgan fingerprint density at radius 1 is 0.920 bits per heavy atom. The molecule has 25 heavy (non-hydrogen) atoms. The standard InChI is InChI=1S/C20H22N4O/c1-14(2)25-18-7-5-4-6-17(18)23-19-12-13-21-20(24-19)22-16-10-8-15(3)9-11-16/h4-14H,1-3H3,(H2,21,22,23,24). The fraction of sp³-hybridized carbons (Fsp3) is 0.200. The molecule has 0 spiro atoms. The van der Waals surface area contributed by atoms with Gasteiger partial charge in [-0.05, 0) is 51.1 Å². The van der Waals surface area contributed by atoms with Crippen molar-refractivity contribution in [2.24, 2.45) is 0 Å². The maximum absolute atomic E-state index is 5.83. The second-order valence-corrected chi connectivity index (χ2v) is 6.04. The summed E-state index contributed by atoms with van der Waals surface area (Å²) in [6.45, 7) is 6.07. The number of benzene rings is 2. The highest BCUT2D eigenvalue weighted by Crippen LogP contribution is 2.28. The number of para-hydroxylation sites is 2. The number of aromatic nitrogens is 2. The van der Waals surface area contributed by atoms with E-state index in [2.05, 4.69) is 27.5 Å². The molecule has 3 aromatic rings. The van der Waals surface area contributed by atoms with Crippen molar-refractivity contribution in [2.75, 3.05) is 10.6 Å². The van der Waals surface area contributed by atoms with E-state index in [4.69, 9.17) is 4.74 Å². The lowest BCUT2D eigenvalue weighted by Crippen LogP contribution is -2.07. The molecular weight excluding hydrogens is 312 g/mol. The fourth-order valence-corrected chi connectivity index (χ4v) is 2.32. The van der Waals surface area contributed by atoms with Crippen LogP contribution in [0.3, 0.4) is 0 Å². The van der Waals surface area contributed by atoms with Gasteiger partial charge in [-0.2, -0.15) is 4.98 Å². The third-order valence-electron chi connectivity index (χ3n) is 3.48. The molecule has 0 atom stereocenters. The highest BCUT2D eigenvalue weighted by atomic mass is 16.5. The molecule has 0 aliphatic heterocycles. The van der Waals surface area contributed by atoms with E-state index in [-0.39, 0.29) is 6.10 Å². The summed E-state index contributed by atoms with van der Waals surface area (Å²) in [5, 5.41) is 6.51. The maximum atomic E-state index is 5.83. The first-order valence-corrected chi connectivity index (χ1v) is 8.29. The number of ether oxygens (including phenoxy) is 1. The molecule has 5 heteroatoms. The van der Waals surface area contributed by atoms with Crippen molar-refractivity contribution in [1.29, 1.82) is 0 Å². The smallest absolute Gasteiger partial charge is 0.229 e. The zero-order valence-electron chi connectivity index (χ0n) is 14.7. The SMILES string of the molecule is Cc1ccc(Nc2nccc(Nc3ccccc3OC(C)C)n2)cc1. The van der Waals surface area contributed by atoms with Crippen molar-refractivity contribution in [3.05, 3.63) is 66.4 Å². The van der Waals surface area contributed by atoms with E-state index in [9.17, 15) is 0 Å². The molecule has 0 bridgehead atoms. The fourth-order valence-electron chi connectivity index (χ4n) is 2.32. The van der Waals surface area contributed by atoms with Crippen molar-refractivity contribution in [1.82, 2.24) is 9.97 Å². The Morgan fingerprint density at radius 3 is 2.44 bits per heavy atom. The van der Waals surface area contributed by atoms with Crippen LogP contribution in [0, 0.1) is 6.92 Å². The van der Waals surface area contributed by atoms with Crippen LogP contribution < -0.4 is 15.4 Å². The van der Waals surface area contributed by atoms with Crippen molar-refractivity contribution in [3.8, 4) is 5.75 Å². The number of anilines is 4. The molecular formula is C20H22N4O. The average Bonchev–Trinajstić information content (AvgIpc) is 2.59. The Hall–Kier alpha value is -3.08. The van der Waals surface area contributed by atoms with Crippen molar-refractivity contribution < 1.29 is 4.74 Å². The lowest BCUT2D eigenvalue weighted by Gasteiger charge is -2.15. The van der Waals surface area contributed by atoms with Gasteiger partial charge in [-0.3, -0.25) is 0 Å². The van der Waals surface area contributed by atoms with Gasteiger partial charge in [0.2, 0.25) is 5.95 Å². The summed E-state index contributed by atoms with van der Waals surface area (Å²) in [6, 6.07) is 17.7. The topological polar surface area (TPSA) is 59.1 Å². The van der Waals surface area contributed by atoms with E-state index in [1.54, 1.807) is 6.20 Å². The molecule has 5 nitrogen and oxygen atoms in total. The van der Waals surface area contributed by atoms with Gasteiger partial charge in [0.25, 0.3) is 0 Å². The van der Waals surface area contributed by atoms with Crippen LogP contribution in [0.4, 0.5) is 23.1 Å². The molecule has 128 valence electrons. The summed E-state index contributed by atoms with van der Waals surface area (Å²) < 4.78 is 5.83. The number of hydrogen-bond acceptors (Lipinski definition) is 5. The van der Waals surface area contributed by atoms with Crippen LogP contribution in [-0.4, -0.2) is 16.1 Å². The number of rotatable bonds is 6. The first kappa shape index (κ1) is 16.8. The Kier molecular flexibility index (Phi) is 5.14. The second-order valence-electron chi connectivity index (χ2n) is 6.04. The summed E-state index contributed by atoms with van der Waals surface area (Å²) in [4.78, 5) is 8.79. The monoisotopic (exact) mass is 334 g/mol. The second kappa shape index (κ2) is 7.66. The van der Waals surface area contributed by atoms with Gasteiger partial charge in [-0.15, -0.1) is 0 Å². The quantitative estimate of drug-likeness (QED) is 0.660. The molecule has 2 aromatic carbocycles. The molecule has 0 amide bonds. The summed E-state index contributed by atoms with van der Waals surface area (Å²) in [7, 11) is 0. The van der Waals surface area contributed by atoms with Gasteiger partial charge in [0, 0.05) is 11.9 Å². The molecule has 0 saturated heterocycles. The zero-order valence-corrected chi connectivity index (χ0v) is 14.7. The summed E-state index contributed by atoms with van der Waals surface area (Å²) in [6.07, 6.45) is 1.82. The molecule has 0 unspecified atom stereocenters. The largest absolute Gasteiger partial charge is 0.489 e. The van der Waals surface area contributed by atoms with Crippen LogP contribution in [0.25, 0.3) is 0 Å². The van der Waals surface area contributed by atoms with Gasteiger partial charge >= 0.3 is 0 Å². The molecule has 1 heterocycles. The van der Waals surface area contributed by atoms with Gasteiger partial charge in [0.15, 0.2) is 0 Å². The number of nitrogens with one attached hydrogen (secondary N) is 2. The van der Waals surface area contributed by atoms with Gasteiger partial charge < -0.3 is 15.4 Å². The lowest BCUT2D eigenvalue weighted by molar-refractivity contribution is 0.244. The Bertz CT molecular complexity index is 831. The van der Waals surface area contributed by atoms with E-state index in [1.807, 2.05) is 68.4 Å². The lowest BCUT2D eigenvalue weighted by atomic mass is 10.2. The average molecular weight is 334 g/mol. The van der Waals surface area contributed by atoms with E-state index in [0.717, 1.165) is 17.1 Å². The van der Waals surface area contributed by atoms with E-state index >= 15 is 0 Å². The zero-order chi connectivity index (χ0) is 17.6. The van der Waals surface area contributed by atoms with Crippen molar-refractivity contribution in [2.45, 2.75) is 26.9 Å². The molecule has 2 N–H and O–H groups in total. The number of nitrogens with zero attached hydrogens (tertiary/aromatic N) is 2.